The molecule has 10 heteroatoms. The number of nitrogens with zero attached hydrogens (tertiary/aromatic N) is 3. The van der Waals surface area contributed by atoms with E-state index in [2.05, 4.69) is 32.5 Å². The third kappa shape index (κ3) is 5.32. The number of benzene rings is 2. The van der Waals surface area contributed by atoms with Gasteiger partial charge in [0.05, 0.1) is 31.0 Å². The molecule has 2 aromatic heterocycles. The number of carbonyl (C=O) groups is 1. The van der Waals surface area contributed by atoms with Crippen molar-refractivity contribution in [1.82, 2.24) is 20.3 Å². The van der Waals surface area contributed by atoms with Crippen LogP contribution in [0.15, 0.2) is 73.4 Å². The Bertz CT molecular complexity index is 1480. The predicted octanol–water partition coefficient (Wildman–Crippen LogP) is 3.56. The first kappa shape index (κ1) is 25.3. The topological polar surface area (TPSA) is 136 Å². The van der Waals surface area contributed by atoms with Gasteiger partial charge in [-0.1, -0.05) is 36.9 Å². The Morgan fingerprint density at radius 1 is 1.24 bits per heavy atom. The lowest BCUT2D eigenvalue weighted by Crippen LogP contribution is -2.48. The van der Waals surface area contributed by atoms with Gasteiger partial charge < -0.3 is 31.2 Å². The number of nitrogens with two attached hydrogens (primary N) is 1. The van der Waals surface area contributed by atoms with E-state index >= 15 is 0 Å². The summed E-state index contributed by atoms with van der Waals surface area (Å²) in [5.41, 5.74) is 10.5. The van der Waals surface area contributed by atoms with Gasteiger partial charge in [-0.3, -0.25) is 4.79 Å². The lowest BCUT2D eigenvalue weighted by Gasteiger charge is -2.31. The molecule has 1 fully saturated rings. The molecular weight excluding hydrogens is 482 g/mol. The van der Waals surface area contributed by atoms with E-state index in [1.165, 1.54) is 6.08 Å². The number of carbonyl (C=O) groups excluding carboxylic acids is 1. The molecule has 1 aliphatic rings. The molecule has 38 heavy (non-hydrogen) atoms. The number of methoxy groups -OCH3 is 1. The molecule has 2 atom stereocenters. The van der Waals surface area contributed by atoms with Crippen molar-refractivity contribution in [3.8, 4) is 17.0 Å². The summed E-state index contributed by atoms with van der Waals surface area (Å²) in [6.45, 7) is 5.28. The molecule has 0 spiro atoms. The first-order valence-corrected chi connectivity index (χ1v) is 12.3. The molecule has 0 saturated carbocycles. The second-order valence-electron chi connectivity index (χ2n) is 8.72. The molecule has 194 valence electrons. The molecule has 5 N–H and O–H groups in total. The number of hydrogen-bond donors (Lipinski definition) is 4. The normalized spacial score (nSPS) is 17.1. The number of rotatable bonds is 8. The van der Waals surface area contributed by atoms with Crippen molar-refractivity contribution >= 4 is 34.1 Å². The van der Waals surface area contributed by atoms with Gasteiger partial charge in [-0.15, -0.1) is 0 Å². The molecule has 1 amide bonds. The van der Waals surface area contributed by atoms with E-state index < -0.39 is 0 Å². The van der Waals surface area contributed by atoms with Crippen LogP contribution in [-0.2, 0) is 9.53 Å². The van der Waals surface area contributed by atoms with Gasteiger partial charge in [-0.25, -0.2) is 15.0 Å². The molecule has 1 unspecified atom stereocenters. The van der Waals surface area contributed by atoms with E-state index in [0.29, 0.717) is 36.4 Å². The minimum absolute atomic E-state index is 0.0226. The van der Waals surface area contributed by atoms with Gasteiger partial charge >= 0.3 is 0 Å². The first-order valence-electron chi connectivity index (χ1n) is 12.3. The van der Waals surface area contributed by atoms with Gasteiger partial charge in [0.15, 0.2) is 0 Å². The van der Waals surface area contributed by atoms with Crippen LogP contribution in [0.4, 0.5) is 17.3 Å². The van der Waals surface area contributed by atoms with Crippen molar-refractivity contribution in [2.45, 2.75) is 12.1 Å². The molecule has 0 aliphatic carbocycles. The Morgan fingerprint density at radius 3 is 2.92 bits per heavy atom. The highest BCUT2D eigenvalue weighted by atomic mass is 16.5. The largest absolute Gasteiger partial charge is 0.480 e. The van der Waals surface area contributed by atoms with E-state index in [-0.39, 0.29) is 18.1 Å². The highest BCUT2D eigenvalue weighted by Gasteiger charge is 2.28. The Labute approximate surface area is 220 Å². The average Bonchev–Trinajstić information content (AvgIpc) is 2.97. The fraction of sp³-hybridized carbons (Fsp3) is 0.214. The highest BCUT2D eigenvalue weighted by molar-refractivity contribution is 6.00. The number of nitrogens with one attached hydrogen (secondary N) is 3. The summed E-state index contributed by atoms with van der Waals surface area (Å²) in [7, 11) is 1.56. The molecule has 5 rings (SSSR count). The van der Waals surface area contributed by atoms with Crippen molar-refractivity contribution in [2.75, 3.05) is 37.4 Å². The van der Waals surface area contributed by atoms with Gasteiger partial charge in [-0.2, -0.15) is 0 Å². The molecular formula is C28H29N7O3. The van der Waals surface area contributed by atoms with E-state index in [4.69, 9.17) is 20.2 Å². The van der Waals surface area contributed by atoms with E-state index in [9.17, 15) is 4.79 Å². The lowest BCUT2D eigenvalue weighted by atomic mass is 10.0. The lowest BCUT2D eigenvalue weighted by molar-refractivity contribution is -0.111. The monoisotopic (exact) mass is 511 g/mol. The highest BCUT2D eigenvalue weighted by Crippen LogP contribution is 2.32. The summed E-state index contributed by atoms with van der Waals surface area (Å²) in [6.07, 6.45) is 2.74. The van der Waals surface area contributed by atoms with Crippen molar-refractivity contribution in [1.29, 1.82) is 0 Å². The number of anilines is 3. The van der Waals surface area contributed by atoms with Crippen LogP contribution >= 0.6 is 0 Å². The fourth-order valence-corrected chi connectivity index (χ4v) is 4.44. The molecule has 1 saturated heterocycles. The Kier molecular flexibility index (Phi) is 7.55. The molecule has 3 heterocycles. The summed E-state index contributed by atoms with van der Waals surface area (Å²) in [6, 6.07) is 17.2. The third-order valence-electron chi connectivity index (χ3n) is 6.28. The molecule has 4 aromatic rings. The van der Waals surface area contributed by atoms with Crippen LogP contribution in [0, 0.1) is 0 Å². The van der Waals surface area contributed by atoms with Gasteiger partial charge in [0.25, 0.3) is 0 Å². The minimum Gasteiger partial charge on any atom is -0.480 e. The molecule has 0 bridgehead atoms. The Hall–Kier alpha value is -4.38. The predicted molar refractivity (Wildman–Crippen MR) is 147 cm³/mol. The molecule has 1 aliphatic heterocycles. The van der Waals surface area contributed by atoms with Crippen LogP contribution in [0.3, 0.4) is 0 Å². The smallest absolute Gasteiger partial charge is 0.247 e. The second kappa shape index (κ2) is 11.3. The molecule has 0 radical (unpaired) electrons. The van der Waals surface area contributed by atoms with E-state index in [0.717, 1.165) is 34.3 Å². The number of para-hydroxylation sites is 1. The van der Waals surface area contributed by atoms with Crippen LogP contribution in [-0.4, -0.2) is 53.7 Å². The number of hydrogen-bond acceptors (Lipinski definition) is 9. The standard InChI is InChI=1S/C28H29N7O3/c1-3-24(36)32-19-8-4-6-17(14-19)20-9-5-7-18-16-31-28(35-25(18)20)34-22-11-10-21(33-27(22)37-2)26-23(15-29)30-12-13-38-26/h3-11,14,16,23,26,30H,1,12-13,15,29H2,2H3,(H,32,36)(H,31,34,35)/t23?,26-/m1/s1. The number of pyridine rings is 1. The summed E-state index contributed by atoms with van der Waals surface area (Å²) >= 11 is 0. The van der Waals surface area contributed by atoms with E-state index in [1.807, 2.05) is 54.6 Å². The minimum atomic E-state index is -0.271. The van der Waals surface area contributed by atoms with Crippen molar-refractivity contribution in [3.63, 3.8) is 0 Å². The number of aromatic nitrogens is 3. The third-order valence-corrected chi connectivity index (χ3v) is 6.28. The van der Waals surface area contributed by atoms with Gasteiger partial charge in [0.2, 0.25) is 17.7 Å². The zero-order valence-corrected chi connectivity index (χ0v) is 21.0. The Morgan fingerprint density at radius 2 is 2.11 bits per heavy atom. The summed E-state index contributed by atoms with van der Waals surface area (Å²) in [4.78, 5) is 25.7. The zero-order chi connectivity index (χ0) is 26.5. The maximum absolute atomic E-state index is 11.8. The van der Waals surface area contributed by atoms with Gasteiger partial charge in [0, 0.05) is 35.9 Å². The number of fused-ring (bicyclic) bond motifs is 1. The zero-order valence-electron chi connectivity index (χ0n) is 21.0. The maximum Gasteiger partial charge on any atom is 0.247 e. The number of morpholine rings is 1. The summed E-state index contributed by atoms with van der Waals surface area (Å²) < 4.78 is 11.5. The molecule has 10 nitrogen and oxygen atoms in total. The van der Waals surface area contributed by atoms with Gasteiger partial charge in [-0.05, 0) is 35.9 Å². The second-order valence-corrected chi connectivity index (χ2v) is 8.72. The van der Waals surface area contributed by atoms with Gasteiger partial charge in [0.1, 0.15) is 11.8 Å². The van der Waals surface area contributed by atoms with Crippen LogP contribution < -0.4 is 26.4 Å². The van der Waals surface area contributed by atoms with Crippen LogP contribution in [0.5, 0.6) is 5.88 Å². The summed E-state index contributed by atoms with van der Waals surface area (Å²) in [5.74, 6) is 0.520. The van der Waals surface area contributed by atoms with Crippen LogP contribution in [0.25, 0.3) is 22.0 Å². The van der Waals surface area contributed by atoms with Crippen LogP contribution in [0.2, 0.25) is 0 Å². The first-order chi connectivity index (χ1) is 18.6. The SMILES string of the molecule is C=CC(=O)Nc1cccc(-c2cccc3cnc(Nc4ccc([C@H]5OCCNC5CN)nc4OC)nc23)c1. The summed E-state index contributed by atoms with van der Waals surface area (Å²) in [5, 5.41) is 10.3. The van der Waals surface area contributed by atoms with Crippen molar-refractivity contribution in [3.05, 3.63) is 79.1 Å². The van der Waals surface area contributed by atoms with Crippen molar-refractivity contribution < 1.29 is 14.3 Å². The number of ether oxygens (including phenoxy) is 2. The molecule has 2 aromatic carbocycles. The maximum atomic E-state index is 11.8. The van der Waals surface area contributed by atoms with Crippen molar-refractivity contribution in [2.24, 2.45) is 5.73 Å². The average molecular weight is 512 g/mol. The van der Waals surface area contributed by atoms with E-state index in [1.54, 1.807) is 13.3 Å². The van der Waals surface area contributed by atoms with Crippen LogP contribution in [0.1, 0.15) is 11.8 Å². The Balaban J connectivity index is 1.46. The quantitative estimate of drug-likeness (QED) is 0.262. The number of amides is 1. The fourth-order valence-electron chi connectivity index (χ4n) is 4.44.